The van der Waals surface area contributed by atoms with Gasteiger partial charge in [0, 0.05) is 11.0 Å². The molecule has 0 heterocycles. The molecule has 0 nitrogen and oxygen atoms in total. The molecule has 2 aliphatic rings. The molecule has 18 heavy (non-hydrogen) atoms. The van der Waals surface area contributed by atoms with Crippen LogP contribution in [-0.4, -0.2) is 0 Å². The maximum Gasteiger partial charge on any atom is 0.127 e. The van der Waals surface area contributed by atoms with E-state index in [9.17, 15) is 4.39 Å². The molecule has 0 saturated heterocycles. The Morgan fingerprint density at radius 3 is 2.44 bits per heavy atom. The van der Waals surface area contributed by atoms with Crippen LogP contribution >= 0.6 is 0 Å². The fourth-order valence-corrected chi connectivity index (χ4v) is 3.99. The maximum atomic E-state index is 14.3. The van der Waals surface area contributed by atoms with Gasteiger partial charge in [-0.2, -0.15) is 0 Å². The highest BCUT2D eigenvalue weighted by atomic mass is 19.1. The minimum atomic E-state index is -0.0305. The normalized spacial score (nSPS) is 24.3. The first kappa shape index (κ1) is 10.3. The number of rotatable bonds is 0. The van der Waals surface area contributed by atoms with Crippen molar-refractivity contribution in [2.45, 2.75) is 31.1 Å². The molecule has 90 valence electrons. The van der Waals surface area contributed by atoms with E-state index in [4.69, 9.17) is 0 Å². The topological polar surface area (TPSA) is 0 Å². The highest BCUT2D eigenvalue weighted by Crippen LogP contribution is 2.52. The quantitative estimate of drug-likeness (QED) is 0.650. The fraction of sp³-hybridized carbons (Fsp3) is 0.294. The van der Waals surface area contributed by atoms with Crippen molar-refractivity contribution in [1.82, 2.24) is 0 Å². The van der Waals surface area contributed by atoms with Crippen molar-refractivity contribution in [3.05, 3.63) is 70.5 Å². The molecular weight excluding hydrogens is 223 g/mol. The number of aryl methyl sites for hydroxylation is 2. The molecule has 1 spiro atoms. The molecule has 2 aromatic carbocycles. The number of hydrogen-bond donors (Lipinski definition) is 0. The van der Waals surface area contributed by atoms with E-state index in [0.717, 1.165) is 31.2 Å². The predicted molar refractivity (Wildman–Crippen MR) is 70.3 cm³/mol. The van der Waals surface area contributed by atoms with Gasteiger partial charge in [-0.3, -0.25) is 0 Å². The summed E-state index contributed by atoms with van der Waals surface area (Å²) < 4.78 is 14.3. The van der Waals surface area contributed by atoms with Gasteiger partial charge >= 0.3 is 0 Å². The van der Waals surface area contributed by atoms with Crippen molar-refractivity contribution >= 4 is 0 Å². The third-order valence-corrected chi connectivity index (χ3v) is 4.75. The van der Waals surface area contributed by atoms with Gasteiger partial charge in [-0.05, 0) is 48.4 Å². The van der Waals surface area contributed by atoms with Gasteiger partial charge in [-0.1, -0.05) is 36.4 Å². The number of halogens is 1. The second kappa shape index (κ2) is 3.44. The molecular formula is C17H15F. The van der Waals surface area contributed by atoms with Crippen molar-refractivity contribution in [1.29, 1.82) is 0 Å². The van der Waals surface area contributed by atoms with Gasteiger partial charge in [0.2, 0.25) is 0 Å². The second-order valence-electron chi connectivity index (χ2n) is 5.51. The van der Waals surface area contributed by atoms with Crippen molar-refractivity contribution < 1.29 is 4.39 Å². The predicted octanol–water partition coefficient (Wildman–Crippen LogP) is 4.00. The van der Waals surface area contributed by atoms with E-state index < -0.39 is 0 Å². The van der Waals surface area contributed by atoms with Crippen molar-refractivity contribution in [3.63, 3.8) is 0 Å². The minimum Gasteiger partial charge on any atom is -0.207 e. The molecule has 2 aliphatic carbocycles. The van der Waals surface area contributed by atoms with Gasteiger partial charge in [-0.25, -0.2) is 4.39 Å². The van der Waals surface area contributed by atoms with Crippen LogP contribution in [0.1, 0.15) is 35.1 Å². The van der Waals surface area contributed by atoms with E-state index in [1.807, 2.05) is 6.07 Å². The molecule has 0 saturated carbocycles. The second-order valence-corrected chi connectivity index (χ2v) is 5.51. The summed E-state index contributed by atoms with van der Waals surface area (Å²) in [5.41, 5.74) is 4.95. The molecule has 0 N–H and O–H groups in total. The Kier molecular flexibility index (Phi) is 1.97. The zero-order valence-corrected chi connectivity index (χ0v) is 10.2. The van der Waals surface area contributed by atoms with E-state index in [1.165, 1.54) is 16.7 Å². The van der Waals surface area contributed by atoms with Gasteiger partial charge in [0.25, 0.3) is 0 Å². The average molecular weight is 238 g/mol. The summed E-state index contributed by atoms with van der Waals surface area (Å²) in [4.78, 5) is 0. The van der Waals surface area contributed by atoms with Gasteiger partial charge in [0.1, 0.15) is 5.82 Å². The van der Waals surface area contributed by atoms with Crippen LogP contribution in [0.4, 0.5) is 4.39 Å². The number of benzene rings is 2. The first-order chi connectivity index (χ1) is 8.81. The SMILES string of the molecule is Fc1cccc2c1C1(CCc3ccccc31)CC2. The third-order valence-electron chi connectivity index (χ3n) is 4.75. The van der Waals surface area contributed by atoms with Gasteiger partial charge in [0.15, 0.2) is 0 Å². The van der Waals surface area contributed by atoms with Crippen LogP contribution in [-0.2, 0) is 18.3 Å². The van der Waals surface area contributed by atoms with Gasteiger partial charge in [-0.15, -0.1) is 0 Å². The van der Waals surface area contributed by atoms with E-state index in [0.29, 0.717) is 0 Å². The molecule has 1 heteroatoms. The van der Waals surface area contributed by atoms with Crippen LogP contribution in [0.5, 0.6) is 0 Å². The Bertz CT molecular complexity index is 625. The molecule has 0 fully saturated rings. The third kappa shape index (κ3) is 1.14. The molecule has 1 atom stereocenters. The summed E-state index contributed by atoms with van der Waals surface area (Å²) in [6.07, 6.45) is 4.24. The standard InChI is InChI=1S/C17H15F/c18-15-7-3-5-13-9-11-17(16(13)15)10-8-12-4-1-2-6-14(12)17/h1-7H,8-11H2. The largest absolute Gasteiger partial charge is 0.207 e. The molecule has 0 radical (unpaired) electrons. The molecule has 4 rings (SSSR count). The van der Waals surface area contributed by atoms with Crippen LogP contribution in [0.3, 0.4) is 0 Å². The zero-order valence-electron chi connectivity index (χ0n) is 10.2. The Morgan fingerprint density at radius 2 is 1.56 bits per heavy atom. The lowest BCUT2D eigenvalue weighted by atomic mass is 9.76. The highest BCUT2D eigenvalue weighted by Gasteiger charge is 2.45. The van der Waals surface area contributed by atoms with Crippen molar-refractivity contribution in [2.75, 3.05) is 0 Å². The summed E-state index contributed by atoms with van der Waals surface area (Å²) in [5, 5.41) is 0. The van der Waals surface area contributed by atoms with Crippen LogP contribution < -0.4 is 0 Å². The molecule has 2 aromatic rings. The molecule has 0 amide bonds. The average Bonchev–Trinajstić information content (AvgIpc) is 2.95. The van der Waals surface area contributed by atoms with Gasteiger partial charge in [0.05, 0.1) is 0 Å². The van der Waals surface area contributed by atoms with Crippen molar-refractivity contribution in [3.8, 4) is 0 Å². The minimum absolute atomic E-state index is 0.0123. The Hall–Kier alpha value is -1.63. The number of hydrogen-bond acceptors (Lipinski definition) is 0. The number of fused-ring (bicyclic) bond motifs is 4. The van der Waals surface area contributed by atoms with E-state index in [2.05, 4.69) is 30.3 Å². The van der Waals surface area contributed by atoms with E-state index >= 15 is 0 Å². The first-order valence-corrected chi connectivity index (χ1v) is 6.67. The lowest BCUT2D eigenvalue weighted by Crippen LogP contribution is -2.22. The van der Waals surface area contributed by atoms with Crippen LogP contribution in [0.15, 0.2) is 42.5 Å². The molecule has 0 aromatic heterocycles. The molecule has 1 unspecified atom stereocenters. The first-order valence-electron chi connectivity index (χ1n) is 6.67. The van der Waals surface area contributed by atoms with Crippen LogP contribution in [0.25, 0.3) is 0 Å². The Morgan fingerprint density at radius 1 is 0.833 bits per heavy atom. The van der Waals surface area contributed by atoms with E-state index in [1.54, 1.807) is 6.07 Å². The monoisotopic (exact) mass is 238 g/mol. The van der Waals surface area contributed by atoms with E-state index in [-0.39, 0.29) is 11.2 Å². The lowest BCUT2D eigenvalue weighted by Gasteiger charge is -2.26. The van der Waals surface area contributed by atoms with Crippen LogP contribution in [0, 0.1) is 5.82 Å². The Balaban J connectivity index is 2.00. The summed E-state index contributed by atoms with van der Waals surface area (Å²) in [5.74, 6) is -0.0123. The summed E-state index contributed by atoms with van der Waals surface area (Å²) >= 11 is 0. The zero-order chi connectivity index (χ0) is 12.2. The summed E-state index contributed by atoms with van der Waals surface area (Å²) in [6.45, 7) is 0. The molecule has 0 aliphatic heterocycles. The molecule has 0 bridgehead atoms. The fourth-order valence-electron chi connectivity index (χ4n) is 3.99. The smallest absolute Gasteiger partial charge is 0.127 e. The summed E-state index contributed by atoms with van der Waals surface area (Å²) in [6, 6.07) is 14.1. The van der Waals surface area contributed by atoms with Crippen LogP contribution in [0.2, 0.25) is 0 Å². The van der Waals surface area contributed by atoms with Crippen molar-refractivity contribution in [2.24, 2.45) is 0 Å². The summed E-state index contributed by atoms with van der Waals surface area (Å²) in [7, 11) is 0. The maximum absolute atomic E-state index is 14.3. The Labute approximate surface area is 106 Å². The highest BCUT2D eigenvalue weighted by molar-refractivity contribution is 5.53. The van der Waals surface area contributed by atoms with Gasteiger partial charge < -0.3 is 0 Å². The lowest BCUT2D eigenvalue weighted by molar-refractivity contribution is 0.478.